The van der Waals surface area contributed by atoms with Crippen molar-refractivity contribution in [1.82, 2.24) is 29.3 Å². The van der Waals surface area contributed by atoms with E-state index < -0.39 is 9.84 Å². The summed E-state index contributed by atoms with van der Waals surface area (Å²) in [6.07, 6.45) is 13.5. The van der Waals surface area contributed by atoms with E-state index in [9.17, 15) is 8.42 Å². The van der Waals surface area contributed by atoms with E-state index in [4.69, 9.17) is 19.8 Å². The second kappa shape index (κ2) is 10.1. The molecule has 218 valence electrons. The lowest BCUT2D eigenvalue weighted by Gasteiger charge is -2.48. The molecule has 11 heteroatoms. The van der Waals surface area contributed by atoms with Crippen molar-refractivity contribution in [1.29, 1.82) is 0 Å². The molecule has 2 fully saturated rings. The highest BCUT2D eigenvalue weighted by molar-refractivity contribution is 7.90. The molecule has 1 saturated heterocycles. The largest absolute Gasteiger partial charge is 0.496 e. The Labute approximate surface area is 245 Å². The molecular formula is C31H35N7O3S. The maximum Gasteiger partial charge on any atom is 0.158 e. The highest BCUT2D eigenvalue weighted by atomic mass is 32.2. The molecule has 0 amide bonds. The first-order valence-electron chi connectivity index (χ1n) is 14.5. The monoisotopic (exact) mass is 585 g/mol. The average Bonchev–Trinajstić information content (AvgIpc) is 3.73. The fourth-order valence-electron chi connectivity index (χ4n) is 6.76. The van der Waals surface area contributed by atoms with E-state index in [2.05, 4.69) is 39.7 Å². The lowest BCUT2D eigenvalue weighted by atomic mass is 9.90. The fourth-order valence-corrected chi connectivity index (χ4v) is 7.92. The van der Waals surface area contributed by atoms with E-state index >= 15 is 0 Å². The number of hydrogen-bond acceptors (Lipinski definition) is 8. The van der Waals surface area contributed by atoms with Crippen LogP contribution in [-0.2, 0) is 9.84 Å². The lowest BCUT2D eigenvalue weighted by molar-refractivity contribution is 0.342. The van der Waals surface area contributed by atoms with Crippen LogP contribution in [0.1, 0.15) is 44.3 Å². The van der Waals surface area contributed by atoms with Gasteiger partial charge in [-0.1, -0.05) is 12.8 Å². The Hall–Kier alpha value is -3.99. The molecule has 7 rings (SSSR count). The zero-order valence-electron chi connectivity index (χ0n) is 24.4. The zero-order chi connectivity index (χ0) is 29.2. The molecule has 2 atom stereocenters. The molecule has 0 N–H and O–H groups in total. The molecule has 1 saturated carbocycles. The number of aromatic nitrogens is 6. The Bertz CT molecular complexity index is 1920. The number of aryl methyl sites for hydroxylation is 1. The van der Waals surface area contributed by atoms with Gasteiger partial charge in [0.25, 0.3) is 0 Å². The molecule has 0 unspecified atom stereocenters. The molecule has 2 aliphatic rings. The van der Waals surface area contributed by atoms with Gasteiger partial charge in [-0.05, 0) is 44.9 Å². The maximum atomic E-state index is 12.1. The average molecular weight is 586 g/mol. The summed E-state index contributed by atoms with van der Waals surface area (Å²) in [5, 5.41) is 6.84. The minimum absolute atomic E-state index is 0.0958. The third kappa shape index (κ3) is 4.50. The van der Waals surface area contributed by atoms with Crippen molar-refractivity contribution in [3.05, 3.63) is 54.7 Å². The third-order valence-electron chi connectivity index (χ3n) is 9.05. The maximum absolute atomic E-state index is 12.1. The highest BCUT2D eigenvalue weighted by Gasteiger charge is 2.39. The Morgan fingerprint density at radius 2 is 1.88 bits per heavy atom. The molecule has 0 aromatic carbocycles. The highest BCUT2D eigenvalue weighted by Crippen LogP contribution is 2.40. The molecule has 1 aliphatic heterocycles. The number of anilines is 1. The molecule has 5 aromatic heterocycles. The first kappa shape index (κ1) is 26.9. The van der Waals surface area contributed by atoms with Crippen LogP contribution >= 0.6 is 0 Å². The Morgan fingerprint density at radius 3 is 2.62 bits per heavy atom. The second-order valence-corrected chi connectivity index (χ2v) is 14.0. The number of nitrogens with zero attached hydrogens (tertiary/aromatic N) is 7. The molecule has 1 aliphatic carbocycles. The van der Waals surface area contributed by atoms with E-state index in [1.807, 2.05) is 29.9 Å². The number of fused-ring (bicyclic) bond motifs is 2. The fraction of sp³-hybridized carbons (Fsp3) is 0.419. The number of methoxy groups -OCH3 is 1. The van der Waals surface area contributed by atoms with E-state index in [-0.39, 0.29) is 17.7 Å². The molecule has 0 radical (unpaired) electrons. The number of rotatable bonds is 7. The molecular weight excluding hydrogens is 550 g/mol. The van der Waals surface area contributed by atoms with Crippen LogP contribution in [0.4, 0.5) is 5.69 Å². The van der Waals surface area contributed by atoms with Gasteiger partial charge < -0.3 is 14.2 Å². The minimum Gasteiger partial charge on any atom is -0.496 e. The van der Waals surface area contributed by atoms with Gasteiger partial charge in [0.2, 0.25) is 0 Å². The summed E-state index contributed by atoms with van der Waals surface area (Å²) in [4.78, 5) is 16.7. The van der Waals surface area contributed by atoms with Gasteiger partial charge in [-0.2, -0.15) is 5.10 Å². The Balaban J connectivity index is 1.39. The van der Waals surface area contributed by atoms with Crippen LogP contribution in [0, 0.1) is 12.8 Å². The first-order chi connectivity index (χ1) is 20.2. The van der Waals surface area contributed by atoms with Crippen LogP contribution in [0.5, 0.6) is 5.75 Å². The summed E-state index contributed by atoms with van der Waals surface area (Å²) in [6, 6.07) is 8.64. The number of pyridine rings is 3. The number of hydrogen-bond donors (Lipinski definition) is 0. The number of sulfone groups is 1. The zero-order valence-corrected chi connectivity index (χ0v) is 25.2. The van der Waals surface area contributed by atoms with Crippen molar-refractivity contribution in [3.63, 3.8) is 0 Å². The summed E-state index contributed by atoms with van der Waals surface area (Å²) in [6.45, 7) is 4.79. The van der Waals surface area contributed by atoms with Crippen molar-refractivity contribution in [2.75, 3.05) is 30.6 Å². The molecule has 42 heavy (non-hydrogen) atoms. The van der Waals surface area contributed by atoms with E-state index in [1.165, 1.54) is 19.1 Å². The normalized spacial score (nSPS) is 19.6. The van der Waals surface area contributed by atoms with Crippen LogP contribution < -0.4 is 9.64 Å². The van der Waals surface area contributed by atoms with Crippen LogP contribution in [0.2, 0.25) is 0 Å². The Kier molecular flexibility index (Phi) is 6.45. The van der Waals surface area contributed by atoms with Gasteiger partial charge in [0.15, 0.2) is 5.82 Å². The third-order valence-corrected chi connectivity index (χ3v) is 10.1. The predicted molar refractivity (Wildman–Crippen MR) is 164 cm³/mol. The van der Waals surface area contributed by atoms with Crippen molar-refractivity contribution < 1.29 is 13.2 Å². The Morgan fingerprint density at radius 1 is 1.07 bits per heavy atom. The summed E-state index contributed by atoms with van der Waals surface area (Å²) in [5.41, 5.74) is 5.32. The summed E-state index contributed by atoms with van der Waals surface area (Å²) in [5.74, 6) is 1.72. The minimum atomic E-state index is -3.05. The van der Waals surface area contributed by atoms with Crippen molar-refractivity contribution in [3.8, 4) is 22.8 Å². The first-order valence-corrected chi connectivity index (χ1v) is 16.6. The number of ether oxygens (including phenoxy) is 1. The van der Waals surface area contributed by atoms with Gasteiger partial charge in [-0.15, -0.1) is 0 Å². The second-order valence-electron chi connectivity index (χ2n) is 11.8. The van der Waals surface area contributed by atoms with Crippen molar-refractivity contribution in [2.24, 2.45) is 5.92 Å². The van der Waals surface area contributed by atoms with Crippen LogP contribution in [-0.4, -0.2) is 69.4 Å². The van der Waals surface area contributed by atoms with Gasteiger partial charge in [-0.3, -0.25) is 9.97 Å². The standard InChI is InChI=1S/C31H35N7O3S/c1-19-24-16-33-38(28(24)13-26(34-19)25-15-32-11-9-29(25)41-3)30-14-27(37-17-21(20(37)2)18-42(4,39)40)23-10-12-36(31(23)35-30)22-7-5-6-8-22/h9-16,20-22H,5-8,17-18H2,1-4H3/t20-,21-/m1/s1. The molecule has 0 bridgehead atoms. The van der Waals surface area contributed by atoms with E-state index in [0.29, 0.717) is 18.3 Å². The summed E-state index contributed by atoms with van der Waals surface area (Å²) < 4.78 is 33.9. The quantitative estimate of drug-likeness (QED) is 0.259. The van der Waals surface area contributed by atoms with Gasteiger partial charge in [0.05, 0.1) is 41.5 Å². The van der Waals surface area contributed by atoms with E-state index in [0.717, 1.165) is 63.2 Å². The lowest BCUT2D eigenvalue weighted by Crippen LogP contribution is -2.57. The van der Waals surface area contributed by atoms with Gasteiger partial charge >= 0.3 is 0 Å². The molecule has 6 heterocycles. The van der Waals surface area contributed by atoms with E-state index in [1.54, 1.807) is 19.5 Å². The predicted octanol–water partition coefficient (Wildman–Crippen LogP) is 5.13. The molecule has 5 aromatic rings. The SMILES string of the molecule is COc1ccncc1-c1cc2c(cnn2-c2cc(N3C[C@H](CS(C)(=O)=O)[C@H]3C)c3ccn(C4CCCC4)c3n2)c(C)n1. The van der Waals surface area contributed by atoms with Crippen LogP contribution in [0.3, 0.4) is 0 Å². The molecule has 0 spiro atoms. The van der Waals surface area contributed by atoms with Crippen LogP contribution in [0.25, 0.3) is 39.0 Å². The molecule has 10 nitrogen and oxygen atoms in total. The van der Waals surface area contributed by atoms with Crippen molar-refractivity contribution in [2.45, 2.75) is 51.6 Å². The van der Waals surface area contributed by atoms with Crippen molar-refractivity contribution >= 4 is 37.5 Å². The summed E-state index contributed by atoms with van der Waals surface area (Å²) in [7, 11) is -1.41. The van der Waals surface area contributed by atoms with Gasteiger partial charge in [-0.25, -0.2) is 18.1 Å². The van der Waals surface area contributed by atoms with Crippen LogP contribution in [0.15, 0.2) is 49.1 Å². The van der Waals surface area contributed by atoms with Gasteiger partial charge in [0, 0.05) is 71.9 Å². The summed E-state index contributed by atoms with van der Waals surface area (Å²) >= 11 is 0. The smallest absolute Gasteiger partial charge is 0.158 e. The van der Waals surface area contributed by atoms with Gasteiger partial charge in [0.1, 0.15) is 21.2 Å². The topological polar surface area (TPSA) is 108 Å².